The molecule has 1 heterocycles. The van der Waals surface area contributed by atoms with Crippen molar-refractivity contribution >= 4 is 0 Å². The lowest BCUT2D eigenvalue weighted by molar-refractivity contribution is -0.697. The van der Waals surface area contributed by atoms with Crippen LogP contribution in [0.1, 0.15) is 24.5 Å². The zero-order valence-electron chi connectivity index (χ0n) is 10.5. The third-order valence-electron chi connectivity index (χ3n) is 3.09. The molecule has 1 nitrogen and oxygen atoms in total. The Morgan fingerprint density at radius 2 is 1.59 bits per heavy atom. The van der Waals surface area contributed by atoms with Crippen molar-refractivity contribution in [3.63, 3.8) is 0 Å². The summed E-state index contributed by atoms with van der Waals surface area (Å²) in [6, 6.07) is 15.1. The highest BCUT2D eigenvalue weighted by Gasteiger charge is 2.00. The van der Waals surface area contributed by atoms with E-state index in [0.717, 1.165) is 19.4 Å². The van der Waals surface area contributed by atoms with Gasteiger partial charge in [0.1, 0.15) is 6.54 Å². The molecular weight excluding hydrogens is 206 g/mol. The lowest BCUT2D eigenvalue weighted by atomic mass is 10.1. The van der Waals surface area contributed by atoms with Gasteiger partial charge in [-0.15, -0.1) is 0 Å². The average molecular weight is 226 g/mol. The van der Waals surface area contributed by atoms with Crippen molar-refractivity contribution in [2.75, 3.05) is 0 Å². The van der Waals surface area contributed by atoms with Crippen molar-refractivity contribution < 1.29 is 4.57 Å². The smallest absolute Gasteiger partial charge is 0.169 e. The minimum Gasteiger partial charge on any atom is -0.205 e. The number of rotatable bonds is 5. The molecular formula is C16H20N+. The molecule has 0 aliphatic heterocycles. The first-order valence-corrected chi connectivity index (χ1v) is 6.40. The molecule has 0 atom stereocenters. The van der Waals surface area contributed by atoms with Crippen LogP contribution in [0, 0.1) is 0 Å². The lowest BCUT2D eigenvalue weighted by Crippen LogP contribution is -2.32. The third-order valence-corrected chi connectivity index (χ3v) is 3.09. The van der Waals surface area contributed by atoms with Crippen LogP contribution in [-0.2, 0) is 19.4 Å². The van der Waals surface area contributed by atoms with Crippen molar-refractivity contribution in [3.05, 3.63) is 66.0 Å². The van der Waals surface area contributed by atoms with Gasteiger partial charge in [0, 0.05) is 18.6 Å². The summed E-state index contributed by atoms with van der Waals surface area (Å²) in [5.74, 6) is 0. The van der Waals surface area contributed by atoms with Crippen LogP contribution in [0.2, 0.25) is 0 Å². The first-order valence-electron chi connectivity index (χ1n) is 6.40. The highest BCUT2D eigenvalue weighted by atomic mass is 14.9. The van der Waals surface area contributed by atoms with Crippen molar-refractivity contribution in [3.8, 4) is 0 Å². The van der Waals surface area contributed by atoms with Crippen LogP contribution >= 0.6 is 0 Å². The van der Waals surface area contributed by atoms with Gasteiger partial charge in [0.05, 0.1) is 0 Å². The second-order valence-corrected chi connectivity index (χ2v) is 4.39. The Morgan fingerprint density at radius 1 is 0.882 bits per heavy atom. The average Bonchev–Trinajstić information content (AvgIpc) is 2.41. The number of aryl methyl sites for hydroxylation is 3. The van der Waals surface area contributed by atoms with E-state index in [1.54, 1.807) is 0 Å². The molecule has 0 unspecified atom stereocenters. The molecule has 0 radical (unpaired) electrons. The maximum absolute atomic E-state index is 2.27. The molecule has 88 valence electrons. The summed E-state index contributed by atoms with van der Waals surface area (Å²) in [7, 11) is 0. The van der Waals surface area contributed by atoms with Crippen molar-refractivity contribution in [2.45, 2.75) is 32.7 Å². The molecule has 2 rings (SSSR count). The number of nitrogens with zero attached hydrogens (tertiary/aromatic N) is 1. The molecule has 1 aromatic carbocycles. The molecule has 0 spiro atoms. The largest absolute Gasteiger partial charge is 0.205 e. The zero-order chi connectivity index (χ0) is 11.9. The molecule has 1 aromatic heterocycles. The summed E-state index contributed by atoms with van der Waals surface area (Å²) in [4.78, 5) is 0. The molecule has 0 amide bonds. The molecule has 0 bridgehead atoms. The first kappa shape index (κ1) is 11.8. The van der Waals surface area contributed by atoms with E-state index in [9.17, 15) is 0 Å². The number of hydrogen-bond donors (Lipinski definition) is 0. The third kappa shape index (κ3) is 3.70. The normalized spacial score (nSPS) is 10.4. The van der Waals surface area contributed by atoms with E-state index in [1.807, 2.05) is 0 Å². The highest BCUT2D eigenvalue weighted by Crippen LogP contribution is 2.02. The Hall–Kier alpha value is -1.63. The van der Waals surface area contributed by atoms with Gasteiger partial charge in [-0.2, -0.15) is 0 Å². The predicted octanol–water partition coefficient (Wildman–Crippen LogP) is 3.17. The number of hydrogen-bond acceptors (Lipinski definition) is 0. The summed E-state index contributed by atoms with van der Waals surface area (Å²) in [6.07, 6.45) is 7.84. The van der Waals surface area contributed by atoms with Gasteiger partial charge < -0.3 is 0 Å². The van der Waals surface area contributed by atoms with Gasteiger partial charge in [0.2, 0.25) is 0 Å². The van der Waals surface area contributed by atoms with Gasteiger partial charge in [-0.05, 0) is 24.0 Å². The Bertz CT molecular complexity index is 431. The predicted molar refractivity (Wildman–Crippen MR) is 70.8 cm³/mol. The fourth-order valence-electron chi connectivity index (χ4n) is 1.98. The topological polar surface area (TPSA) is 3.88 Å². The van der Waals surface area contributed by atoms with Gasteiger partial charge >= 0.3 is 0 Å². The number of pyridine rings is 1. The lowest BCUT2D eigenvalue weighted by Gasteiger charge is -2.00. The molecule has 0 aliphatic carbocycles. The summed E-state index contributed by atoms with van der Waals surface area (Å²) in [5.41, 5.74) is 2.84. The second kappa shape index (κ2) is 6.19. The Labute approximate surface area is 104 Å². The Morgan fingerprint density at radius 3 is 2.24 bits per heavy atom. The Kier molecular flexibility index (Phi) is 4.31. The van der Waals surface area contributed by atoms with Crippen LogP contribution in [0.15, 0.2) is 54.9 Å². The molecule has 0 aliphatic rings. The van der Waals surface area contributed by atoms with Gasteiger partial charge in [0.15, 0.2) is 12.4 Å². The van der Waals surface area contributed by atoms with E-state index in [2.05, 4.69) is 66.3 Å². The molecule has 0 N–H and O–H groups in total. The van der Waals surface area contributed by atoms with Crippen LogP contribution in [-0.4, -0.2) is 0 Å². The van der Waals surface area contributed by atoms with Crippen LogP contribution in [0.25, 0.3) is 0 Å². The van der Waals surface area contributed by atoms with E-state index in [1.165, 1.54) is 17.5 Å². The van der Waals surface area contributed by atoms with Crippen LogP contribution in [0.4, 0.5) is 0 Å². The summed E-state index contributed by atoms with van der Waals surface area (Å²) in [6.45, 7) is 3.29. The number of aromatic nitrogens is 1. The van der Waals surface area contributed by atoms with E-state index >= 15 is 0 Å². The minimum absolute atomic E-state index is 1.10. The van der Waals surface area contributed by atoms with Gasteiger partial charge in [0.25, 0.3) is 0 Å². The first-order chi connectivity index (χ1) is 8.38. The van der Waals surface area contributed by atoms with Gasteiger partial charge in [-0.3, -0.25) is 0 Å². The van der Waals surface area contributed by atoms with Gasteiger partial charge in [-0.25, -0.2) is 4.57 Å². The van der Waals surface area contributed by atoms with E-state index in [4.69, 9.17) is 0 Å². The van der Waals surface area contributed by atoms with Crippen molar-refractivity contribution in [2.24, 2.45) is 0 Å². The second-order valence-electron chi connectivity index (χ2n) is 4.39. The molecule has 17 heavy (non-hydrogen) atoms. The maximum atomic E-state index is 2.27. The van der Waals surface area contributed by atoms with Crippen LogP contribution in [0.3, 0.4) is 0 Å². The van der Waals surface area contributed by atoms with Gasteiger partial charge in [-0.1, -0.05) is 37.3 Å². The number of benzene rings is 1. The SMILES string of the molecule is CCc1cc[n+](CCCc2ccccc2)cc1. The minimum atomic E-state index is 1.10. The van der Waals surface area contributed by atoms with Crippen molar-refractivity contribution in [1.82, 2.24) is 0 Å². The Balaban J connectivity index is 1.82. The summed E-state index contributed by atoms with van der Waals surface area (Å²) >= 11 is 0. The molecule has 0 saturated carbocycles. The maximum Gasteiger partial charge on any atom is 0.169 e. The summed E-state index contributed by atoms with van der Waals surface area (Å²) < 4.78 is 2.27. The monoisotopic (exact) mass is 226 g/mol. The standard InChI is InChI=1S/C16H20N/c1-2-15-10-13-17(14-11-15)12-6-9-16-7-4-3-5-8-16/h3-5,7-8,10-11,13-14H,2,6,9,12H2,1H3/q+1. The molecule has 0 saturated heterocycles. The quantitative estimate of drug-likeness (QED) is 0.689. The van der Waals surface area contributed by atoms with E-state index in [0.29, 0.717) is 0 Å². The highest BCUT2D eigenvalue weighted by molar-refractivity contribution is 5.14. The fourth-order valence-corrected chi connectivity index (χ4v) is 1.98. The molecule has 1 heteroatoms. The van der Waals surface area contributed by atoms with E-state index < -0.39 is 0 Å². The zero-order valence-corrected chi connectivity index (χ0v) is 10.5. The molecule has 2 aromatic rings. The van der Waals surface area contributed by atoms with Crippen LogP contribution < -0.4 is 4.57 Å². The van der Waals surface area contributed by atoms with Crippen LogP contribution in [0.5, 0.6) is 0 Å². The van der Waals surface area contributed by atoms with Crippen molar-refractivity contribution in [1.29, 1.82) is 0 Å². The molecule has 0 fully saturated rings. The summed E-state index contributed by atoms with van der Waals surface area (Å²) in [5, 5.41) is 0. The van der Waals surface area contributed by atoms with E-state index in [-0.39, 0.29) is 0 Å². The fraction of sp³-hybridized carbons (Fsp3) is 0.312.